The van der Waals surface area contributed by atoms with Gasteiger partial charge in [0, 0.05) is 17.3 Å². The SMILES string of the molecule is CCCn1c(=O)c2ccccc2n2c(SCC(O)COCc3ccc(Cl)cc3)nnc12. The molecule has 0 amide bonds. The molecule has 0 saturated carbocycles. The maximum absolute atomic E-state index is 12.9. The Labute approximate surface area is 188 Å². The van der Waals surface area contributed by atoms with Crippen LogP contribution in [0.5, 0.6) is 0 Å². The van der Waals surface area contributed by atoms with E-state index < -0.39 is 6.10 Å². The number of fused-ring (bicyclic) bond motifs is 3. The van der Waals surface area contributed by atoms with E-state index in [-0.39, 0.29) is 12.2 Å². The smallest absolute Gasteiger partial charge is 0.262 e. The van der Waals surface area contributed by atoms with Crippen LogP contribution in [0.1, 0.15) is 18.9 Å². The Kier molecular flexibility index (Phi) is 6.92. The second kappa shape index (κ2) is 9.82. The molecule has 1 atom stereocenters. The first-order valence-corrected chi connectivity index (χ1v) is 11.4. The van der Waals surface area contributed by atoms with Crippen molar-refractivity contribution >= 4 is 40.0 Å². The van der Waals surface area contributed by atoms with Gasteiger partial charge in [-0.1, -0.05) is 54.6 Å². The Morgan fingerprint density at radius 3 is 2.71 bits per heavy atom. The Bertz CT molecular complexity index is 1240. The monoisotopic (exact) mass is 458 g/mol. The van der Waals surface area contributed by atoms with Crippen molar-refractivity contribution in [1.29, 1.82) is 0 Å². The molecule has 0 spiro atoms. The zero-order chi connectivity index (χ0) is 21.8. The average molecular weight is 459 g/mol. The number of hydrogen-bond acceptors (Lipinski definition) is 6. The summed E-state index contributed by atoms with van der Waals surface area (Å²) in [4.78, 5) is 12.9. The number of rotatable bonds is 9. The summed E-state index contributed by atoms with van der Waals surface area (Å²) >= 11 is 7.27. The van der Waals surface area contributed by atoms with Crippen LogP contribution in [0.4, 0.5) is 0 Å². The lowest BCUT2D eigenvalue weighted by Crippen LogP contribution is -2.23. The van der Waals surface area contributed by atoms with Crippen molar-refractivity contribution < 1.29 is 9.84 Å². The topological polar surface area (TPSA) is 81.7 Å². The van der Waals surface area contributed by atoms with Crippen molar-refractivity contribution in [3.8, 4) is 0 Å². The fourth-order valence-electron chi connectivity index (χ4n) is 3.36. The second-order valence-corrected chi connectivity index (χ2v) is 8.62. The van der Waals surface area contributed by atoms with E-state index in [0.717, 1.165) is 17.5 Å². The maximum Gasteiger partial charge on any atom is 0.262 e. The van der Waals surface area contributed by atoms with Gasteiger partial charge in [0.25, 0.3) is 5.56 Å². The molecule has 0 bridgehead atoms. The molecule has 1 unspecified atom stereocenters. The Balaban J connectivity index is 1.48. The largest absolute Gasteiger partial charge is 0.390 e. The van der Waals surface area contributed by atoms with Gasteiger partial charge in [0.1, 0.15) is 0 Å². The fourth-order valence-corrected chi connectivity index (χ4v) is 4.34. The summed E-state index contributed by atoms with van der Waals surface area (Å²) < 4.78 is 9.17. The molecular formula is C22H23ClN4O3S. The summed E-state index contributed by atoms with van der Waals surface area (Å²) in [6.45, 7) is 3.19. The zero-order valence-corrected chi connectivity index (χ0v) is 18.6. The van der Waals surface area contributed by atoms with Gasteiger partial charge < -0.3 is 9.84 Å². The second-order valence-electron chi connectivity index (χ2n) is 7.20. The molecule has 2 aromatic carbocycles. The molecule has 0 aliphatic heterocycles. The molecule has 2 aromatic heterocycles. The minimum atomic E-state index is -0.669. The maximum atomic E-state index is 12.9. The third-order valence-corrected chi connectivity index (χ3v) is 6.15. The van der Waals surface area contributed by atoms with Crippen LogP contribution in [0.3, 0.4) is 0 Å². The van der Waals surface area contributed by atoms with Crippen LogP contribution in [0, 0.1) is 0 Å². The van der Waals surface area contributed by atoms with E-state index >= 15 is 0 Å². The zero-order valence-electron chi connectivity index (χ0n) is 17.1. The van der Waals surface area contributed by atoms with Gasteiger partial charge in [-0.25, -0.2) is 0 Å². The van der Waals surface area contributed by atoms with E-state index in [1.807, 2.05) is 59.9 Å². The Morgan fingerprint density at radius 2 is 1.94 bits per heavy atom. The normalized spacial score (nSPS) is 12.6. The molecule has 31 heavy (non-hydrogen) atoms. The summed E-state index contributed by atoms with van der Waals surface area (Å²) in [5.74, 6) is 0.907. The van der Waals surface area contributed by atoms with E-state index in [9.17, 15) is 9.90 Å². The van der Waals surface area contributed by atoms with Crippen LogP contribution in [0.15, 0.2) is 58.5 Å². The molecule has 9 heteroatoms. The first-order valence-electron chi connectivity index (χ1n) is 10.1. The number of para-hydroxylation sites is 1. The van der Waals surface area contributed by atoms with Crippen molar-refractivity contribution in [2.75, 3.05) is 12.4 Å². The molecule has 4 aromatic rings. The van der Waals surface area contributed by atoms with E-state index in [1.54, 1.807) is 4.57 Å². The van der Waals surface area contributed by atoms with Crippen LogP contribution in [0.2, 0.25) is 5.02 Å². The average Bonchev–Trinajstić information content (AvgIpc) is 3.20. The number of benzene rings is 2. The number of hydrogen-bond donors (Lipinski definition) is 1. The standard InChI is InChI=1S/C22H23ClN4O3S/c1-2-11-26-20(29)18-5-3-4-6-19(18)27-21(26)24-25-22(27)31-14-17(28)13-30-12-15-7-9-16(23)10-8-15/h3-10,17,28H,2,11-14H2,1H3. The fraction of sp³-hybridized carbons (Fsp3) is 0.318. The molecule has 162 valence electrons. The lowest BCUT2D eigenvalue weighted by molar-refractivity contribution is 0.0398. The minimum Gasteiger partial charge on any atom is -0.390 e. The summed E-state index contributed by atoms with van der Waals surface area (Å²) in [5, 5.41) is 20.8. The highest BCUT2D eigenvalue weighted by Gasteiger charge is 2.17. The van der Waals surface area contributed by atoms with Crippen LogP contribution < -0.4 is 5.56 Å². The van der Waals surface area contributed by atoms with E-state index in [0.29, 0.717) is 40.2 Å². The quantitative estimate of drug-likeness (QED) is 0.384. The lowest BCUT2D eigenvalue weighted by atomic mass is 10.2. The number of aryl methyl sites for hydroxylation is 1. The summed E-state index contributed by atoms with van der Waals surface area (Å²) in [5.41, 5.74) is 1.69. The van der Waals surface area contributed by atoms with Gasteiger partial charge in [-0.05, 0) is 36.2 Å². The molecule has 0 aliphatic carbocycles. The van der Waals surface area contributed by atoms with E-state index in [2.05, 4.69) is 10.2 Å². The summed E-state index contributed by atoms with van der Waals surface area (Å²) in [7, 11) is 0. The van der Waals surface area contributed by atoms with Crippen LogP contribution >= 0.6 is 23.4 Å². The molecule has 7 nitrogen and oxygen atoms in total. The molecule has 0 aliphatic rings. The van der Waals surface area contributed by atoms with Crippen molar-refractivity contribution in [3.63, 3.8) is 0 Å². The first kappa shape index (κ1) is 21.8. The molecule has 0 fully saturated rings. The number of aliphatic hydroxyl groups is 1. The molecule has 0 radical (unpaired) electrons. The third kappa shape index (κ3) is 4.77. The first-order chi connectivity index (χ1) is 15.1. The third-order valence-electron chi connectivity index (χ3n) is 4.82. The molecule has 2 heterocycles. The highest BCUT2D eigenvalue weighted by Crippen LogP contribution is 2.22. The number of thioether (sulfide) groups is 1. The number of ether oxygens (including phenoxy) is 1. The number of aliphatic hydroxyl groups excluding tert-OH is 1. The van der Waals surface area contributed by atoms with Crippen LogP contribution in [-0.2, 0) is 17.9 Å². The summed E-state index contributed by atoms with van der Waals surface area (Å²) in [6, 6.07) is 14.9. The van der Waals surface area contributed by atoms with Gasteiger partial charge in [0.05, 0.1) is 30.2 Å². The predicted octanol–water partition coefficient (Wildman–Crippen LogP) is 3.78. The number of nitrogens with zero attached hydrogens (tertiary/aromatic N) is 4. The Hall–Kier alpha value is -2.39. The van der Waals surface area contributed by atoms with Gasteiger partial charge in [0.2, 0.25) is 5.78 Å². The van der Waals surface area contributed by atoms with Gasteiger partial charge in [-0.3, -0.25) is 13.8 Å². The van der Waals surface area contributed by atoms with Gasteiger partial charge >= 0.3 is 0 Å². The van der Waals surface area contributed by atoms with Crippen molar-refractivity contribution in [1.82, 2.24) is 19.2 Å². The highest BCUT2D eigenvalue weighted by molar-refractivity contribution is 7.99. The highest BCUT2D eigenvalue weighted by atomic mass is 35.5. The van der Waals surface area contributed by atoms with Gasteiger partial charge in [-0.15, -0.1) is 10.2 Å². The van der Waals surface area contributed by atoms with E-state index in [4.69, 9.17) is 16.3 Å². The Morgan fingerprint density at radius 1 is 1.16 bits per heavy atom. The van der Waals surface area contributed by atoms with Crippen LogP contribution in [-0.4, -0.2) is 42.7 Å². The number of halogens is 1. The summed E-state index contributed by atoms with van der Waals surface area (Å²) in [6.07, 6.45) is 0.143. The van der Waals surface area contributed by atoms with Gasteiger partial charge in [0.15, 0.2) is 5.16 Å². The van der Waals surface area contributed by atoms with Crippen molar-refractivity contribution in [2.45, 2.75) is 37.8 Å². The van der Waals surface area contributed by atoms with Crippen molar-refractivity contribution in [2.24, 2.45) is 0 Å². The molecule has 1 N–H and O–H groups in total. The minimum absolute atomic E-state index is 0.0652. The van der Waals surface area contributed by atoms with Crippen molar-refractivity contribution in [3.05, 3.63) is 69.5 Å². The van der Waals surface area contributed by atoms with E-state index in [1.165, 1.54) is 11.8 Å². The molecular weight excluding hydrogens is 436 g/mol. The lowest BCUT2D eigenvalue weighted by Gasteiger charge is -2.12. The molecule has 0 saturated heterocycles. The van der Waals surface area contributed by atoms with Crippen LogP contribution in [0.25, 0.3) is 16.7 Å². The molecule has 4 rings (SSSR count). The predicted molar refractivity (Wildman–Crippen MR) is 123 cm³/mol. The van der Waals surface area contributed by atoms with Gasteiger partial charge in [-0.2, -0.15) is 0 Å². The number of aromatic nitrogens is 4.